The summed E-state index contributed by atoms with van der Waals surface area (Å²) in [6.07, 6.45) is 6.16. The van der Waals surface area contributed by atoms with Crippen molar-refractivity contribution in [1.29, 1.82) is 5.26 Å². The maximum atomic E-state index is 12.2. The number of halogens is 2. The normalized spacial score (nSPS) is 14.8. The Balaban J connectivity index is 0.000000213. The van der Waals surface area contributed by atoms with E-state index in [0.29, 0.717) is 25.3 Å². The van der Waals surface area contributed by atoms with Crippen molar-refractivity contribution in [3.63, 3.8) is 0 Å². The molecule has 8 nitrogen and oxygen atoms in total. The molecule has 1 aliphatic heterocycles. The van der Waals surface area contributed by atoms with Crippen LogP contribution in [0.1, 0.15) is 68.3 Å². The van der Waals surface area contributed by atoms with Crippen LogP contribution >= 0.6 is 65.9 Å². The average Bonchev–Trinajstić information content (AvgIpc) is 3.56. The van der Waals surface area contributed by atoms with Crippen molar-refractivity contribution in [3.8, 4) is 16.6 Å². The fourth-order valence-corrected chi connectivity index (χ4v) is 7.63. The first-order valence-electron chi connectivity index (χ1n) is 12.4. The van der Waals surface area contributed by atoms with E-state index >= 15 is 0 Å². The van der Waals surface area contributed by atoms with Gasteiger partial charge in [-0.25, -0.2) is 14.8 Å². The molecule has 1 amide bonds. The van der Waals surface area contributed by atoms with E-state index in [-0.39, 0.29) is 6.09 Å². The number of carbonyl (C=O) groups excluding carboxylic acids is 2. The number of nitrogens with two attached hydrogens (primary N) is 1. The average molecular weight is 718 g/mol. The maximum Gasteiger partial charge on any atom is 0.410 e. The first kappa shape index (κ1) is 31.7. The first-order chi connectivity index (χ1) is 18.5. The fourth-order valence-electron chi connectivity index (χ4n) is 3.89. The third-order valence-electron chi connectivity index (χ3n) is 5.59. The highest BCUT2D eigenvalue weighted by atomic mass is 79.9. The molecule has 1 aliphatic carbocycles. The van der Waals surface area contributed by atoms with Crippen LogP contribution < -0.4 is 5.73 Å². The van der Waals surface area contributed by atoms with Gasteiger partial charge in [0.25, 0.3) is 0 Å². The van der Waals surface area contributed by atoms with Crippen LogP contribution in [0, 0.1) is 11.3 Å². The number of fused-ring (bicyclic) bond motifs is 1. The highest BCUT2D eigenvalue weighted by Gasteiger charge is 2.30. The number of carbonyl (C=O) groups is 2. The summed E-state index contributed by atoms with van der Waals surface area (Å²) >= 11 is 11.2. The van der Waals surface area contributed by atoms with Gasteiger partial charge in [-0.15, -0.1) is 34.0 Å². The Morgan fingerprint density at radius 1 is 1.13 bits per heavy atom. The molecule has 39 heavy (non-hydrogen) atoms. The van der Waals surface area contributed by atoms with E-state index in [9.17, 15) is 9.59 Å². The number of Topliss-reactive ketones (excluding diaryl/α,β-unsaturated/α-hetero) is 1. The molecule has 2 aliphatic rings. The molecule has 0 bridgehead atoms. The molecule has 0 saturated heterocycles. The topological polar surface area (TPSA) is 122 Å². The number of nitrogens with zero attached hydrogens (tertiary/aromatic N) is 4. The molecule has 0 aromatic carbocycles. The van der Waals surface area contributed by atoms with E-state index in [1.54, 1.807) is 16.2 Å². The highest BCUT2D eigenvalue weighted by molar-refractivity contribution is 9.10. The van der Waals surface area contributed by atoms with Gasteiger partial charge < -0.3 is 15.4 Å². The van der Waals surface area contributed by atoms with Crippen molar-refractivity contribution < 1.29 is 14.3 Å². The second-order valence-electron chi connectivity index (χ2n) is 9.87. The van der Waals surface area contributed by atoms with Crippen molar-refractivity contribution in [2.24, 2.45) is 0 Å². The van der Waals surface area contributed by atoms with E-state index in [2.05, 4.69) is 41.8 Å². The number of anilines is 1. The van der Waals surface area contributed by atoms with Crippen molar-refractivity contribution in [1.82, 2.24) is 14.9 Å². The van der Waals surface area contributed by atoms with Crippen molar-refractivity contribution in [2.75, 3.05) is 12.3 Å². The molecule has 13 heteroatoms. The SMILES string of the molecule is CC(C)(C)OC(=O)N1CCc2c(sc(N)c2-c2nc(Br)cs2)C1.N#CCc1nc(Br)cs1.O=C1CCCCC1. The zero-order valence-electron chi connectivity index (χ0n) is 22.1. The van der Waals surface area contributed by atoms with Crippen LogP contribution in [-0.4, -0.2) is 38.9 Å². The molecule has 3 aromatic rings. The van der Waals surface area contributed by atoms with E-state index in [1.807, 2.05) is 37.6 Å². The number of thiophene rings is 1. The summed E-state index contributed by atoms with van der Waals surface area (Å²) in [5.41, 5.74) is 7.99. The number of ketones is 1. The van der Waals surface area contributed by atoms with Gasteiger partial charge in [-0.1, -0.05) is 6.42 Å². The number of hydrogen-bond donors (Lipinski definition) is 1. The lowest BCUT2D eigenvalue weighted by Gasteiger charge is -2.30. The summed E-state index contributed by atoms with van der Waals surface area (Å²) in [7, 11) is 0. The standard InChI is InChI=1S/C15H18BrN3O2S2.C6H10O.C5H3BrN2S/c1-15(2,3)21-14(20)19-5-4-8-9(6-19)23-12(17)11(8)13-18-10(16)7-22-13;7-6-4-2-1-3-5-6;6-4-3-9-5(8-4)1-2-7/h7H,4-6,17H2,1-3H3;1-5H2;3H,1H2. The van der Waals surface area contributed by atoms with Crippen molar-refractivity contribution >= 4 is 82.7 Å². The van der Waals surface area contributed by atoms with Gasteiger partial charge in [-0.05, 0) is 77.5 Å². The molecule has 3 aromatic heterocycles. The number of ether oxygens (including phenoxy) is 1. The number of nitrogen functional groups attached to an aromatic ring is 1. The molecule has 1 fully saturated rings. The molecular formula is C26H31Br2N5O3S3. The van der Waals surface area contributed by atoms with Crippen molar-refractivity contribution in [2.45, 2.75) is 77.9 Å². The number of rotatable bonds is 2. The smallest absolute Gasteiger partial charge is 0.410 e. The third kappa shape index (κ3) is 9.93. The van der Waals surface area contributed by atoms with Gasteiger partial charge in [0, 0.05) is 40.6 Å². The van der Waals surface area contributed by atoms with Crippen LogP contribution in [0.2, 0.25) is 0 Å². The number of hydrogen-bond acceptors (Lipinski definition) is 10. The second-order valence-corrected chi connectivity index (χ2v) is 14.4. The van der Waals surface area contributed by atoms with Gasteiger partial charge in [0.15, 0.2) is 0 Å². The summed E-state index contributed by atoms with van der Waals surface area (Å²) in [6, 6.07) is 2.02. The van der Waals surface area contributed by atoms with Crippen LogP contribution in [0.3, 0.4) is 0 Å². The lowest BCUT2D eigenvalue weighted by atomic mass is 10.00. The summed E-state index contributed by atoms with van der Waals surface area (Å²) in [5.74, 6) is 0.464. The zero-order valence-corrected chi connectivity index (χ0v) is 27.7. The summed E-state index contributed by atoms with van der Waals surface area (Å²) < 4.78 is 7.10. The van der Waals surface area contributed by atoms with E-state index in [1.165, 1.54) is 34.7 Å². The fraction of sp³-hybridized carbons (Fsp3) is 0.500. The highest BCUT2D eigenvalue weighted by Crippen LogP contribution is 2.43. The lowest BCUT2D eigenvalue weighted by Crippen LogP contribution is -2.39. The predicted molar refractivity (Wildman–Crippen MR) is 165 cm³/mol. The van der Waals surface area contributed by atoms with Gasteiger partial charge in [-0.2, -0.15) is 5.26 Å². The van der Waals surface area contributed by atoms with E-state index < -0.39 is 5.60 Å². The summed E-state index contributed by atoms with van der Waals surface area (Å²) in [4.78, 5) is 34.1. The molecule has 1 saturated carbocycles. The molecule has 4 heterocycles. The molecule has 0 radical (unpaired) electrons. The number of amides is 1. The van der Waals surface area contributed by atoms with Crippen LogP contribution in [0.4, 0.5) is 9.80 Å². The monoisotopic (exact) mass is 715 g/mol. The third-order valence-corrected chi connectivity index (χ3v) is 9.76. The van der Waals surface area contributed by atoms with Gasteiger partial charge in [-0.3, -0.25) is 4.79 Å². The van der Waals surface area contributed by atoms with Gasteiger partial charge in [0.1, 0.15) is 30.6 Å². The van der Waals surface area contributed by atoms with Crippen LogP contribution in [0.25, 0.3) is 10.6 Å². The molecule has 2 N–H and O–H groups in total. The van der Waals surface area contributed by atoms with Gasteiger partial charge in [0.2, 0.25) is 0 Å². The minimum atomic E-state index is -0.482. The number of thiazole rings is 2. The van der Waals surface area contributed by atoms with Gasteiger partial charge in [0.05, 0.1) is 24.0 Å². The molecule has 0 unspecified atom stereocenters. The minimum absolute atomic E-state index is 0.270. The Morgan fingerprint density at radius 3 is 2.31 bits per heavy atom. The van der Waals surface area contributed by atoms with E-state index in [4.69, 9.17) is 15.7 Å². The Labute approximate surface area is 257 Å². The summed E-state index contributed by atoms with van der Waals surface area (Å²) in [5, 5.41) is 14.6. The van der Waals surface area contributed by atoms with Crippen LogP contribution in [0.15, 0.2) is 20.0 Å². The first-order valence-corrected chi connectivity index (χ1v) is 16.6. The van der Waals surface area contributed by atoms with Gasteiger partial charge >= 0.3 is 6.09 Å². The Morgan fingerprint density at radius 2 is 1.79 bits per heavy atom. The van der Waals surface area contributed by atoms with E-state index in [0.717, 1.165) is 66.8 Å². The number of nitriles is 1. The molecule has 0 atom stereocenters. The number of aromatic nitrogens is 2. The molecular weight excluding hydrogens is 686 g/mol. The van der Waals surface area contributed by atoms with Crippen LogP contribution in [-0.2, 0) is 28.9 Å². The van der Waals surface area contributed by atoms with Crippen molar-refractivity contribution in [3.05, 3.63) is 35.4 Å². The molecule has 210 valence electrons. The summed E-state index contributed by atoms with van der Waals surface area (Å²) in [6.45, 7) is 6.81. The maximum absolute atomic E-state index is 12.2. The Bertz CT molecular complexity index is 1320. The largest absolute Gasteiger partial charge is 0.444 e. The molecule has 0 spiro atoms. The minimum Gasteiger partial charge on any atom is -0.444 e. The molecule has 5 rings (SSSR count). The van der Waals surface area contributed by atoms with Crippen LogP contribution in [0.5, 0.6) is 0 Å². The predicted octanol–water partition coefficient (Wildman–Crippen LogP) is 8.00. The quantitative estimate of drug-likeness (QED) is 0.285. The Kier molecular flexibility index (Phi) is 11.9. The Hall–Kier alpha value is -1.85. The zero-order chi connectivity index (χ0) is 28.6. The second kappa shape index (κ2) is 14.7. The lowest BCUT2D eigenvalue weighted by molar-refractivity contribution is -0.120.